The van der Waals surface area contributed by atoms with Crippen LogP contribution >= 0.6 is 0 Å². The summed E-state index contributed by atoms with van der Waals surface area (Å²) in [6.45, 7) is 4.84. The van der Waals surface area contributed by atoms with Crippen LogP contribution in [0.4, 0.5) is 0 Å². The van der Waals surface area contributed by atoms with Gasteiger partial charge in [-0.25, -0.2) is 15.1 Å². The number of carbonyl (C=O) groups is 6. The summed E-state index contributed by atoms with van der Waals surface area (Å²) in [6.07, 6.45) is 18.1. The van der Waals surface area contributed by atoms with Crippen molar-refractivity contribution < 1.29 is 43.4 Å². The summed E-state index contributed by atoms with van der Waals surface area (Å²) in [4.78, 5) is 78.6. The zero-order chi connectivity index (χ0) is 47.2. The smallest absolute Gasteiger partial charge is 0.338 e. The van der Waals surface area contributed by atoms with Crippen LogP contribution in [-0.4, -0.2) is 97.0 Å². The maximum Gasteiger partial charge on any atom is 0.338 e. The first-order valence-corrected chi connectivity index (χ1v) is 25.3. The summed E-state index contributed by atoms with van der Waals surface area (Å²) < 4.78 is 10.4. The van der Waals surface area contributed by atoms with Crippen molar-refractivity contribution in [3.8, 4) is 0 Å². The number of rotatable bonds is 9. The SMILES string of the molecule is COC(=O)c1cccc2c1CC1(CCNC1=O)C2.O=C(NO)c1cccc2c1CC1(CCN(CC3CCC3)C1=O)C2.O=C(OCC1CCC1)c1cccc2c1CC1(CCN(CC3CCC3)C1=O)C2. The summed E-state index contributed by atoms with van der Waals surface area (Å²) in [5.41, 5.74) is 8.84. The molecule has 3 unspecified atom stereocenters. The molecule has 3 aromatic carbocycles. The van der Waals surface area contributed by atoms with Crippen LogP contribution in [0.5, 0.6) is 0 Å². The molecule has 9 aliphatic rings. The summed E-state index contributed by atoms with van der Waals surface area (Å²) in [6, 6.07) is 17.1. The topological polar surface area (TPSA) is 172 Å². The van der Waals surface area contributed by atoms with E-state index in [1.165, 1.54) is 70.5 Å². The second-order valence-corrected chi connectivity index (χ2v) is 21.7. The van der Waals surface area contributed by atoms with Crippen molar-refractivity contribution in [1.29, 1.82) is 0 Å². The van der Waals surface area contributed by atoms with E-state index in [2.05, 4.69) is 16.3 Å². The largest absolute Gasteiger partial charge is 0.465 e. The highest BCUT2D eigenvalue weighted by atomic mass is 16.5. The van der Waals surface area contributed by atoms with Crippen LogP contribution in [0.2, 0.25) is 0 Å². The van der Waals surface area contributed by atoms with Crippen LogP contribution in [0.1, 0.15) is 142 Å². The van der Waals surface area contributed by atoms with Crippen molar-refractivity contribution >= 4 is 35.6 Å². The molecule has 3 saturated carbocycles. The molecule has 68 heavy (non-hydrogen) atoms. The lowest BCUT2D eigenvalue weighted by molar-refractivity contribution is -0.137. The van der Waals surface area contributed by atoms with Crippen LogP contribution in [0.15, 0.2) is 54.6 Å². The maximum atomic E-state index is 13.2. The molecule has 3 aliphatic heterocycles. The number of hydroxylamine groups is 1. The summed E-state index contributed by atoms with van der Waals surface area (Å²) in [5.74, 6) is 1.64. The minimum atomic E-state index is -0.490. The average Bonchev–Trinajstić information content (AvgIpc) is 4.16. The Labute approximate surface area is 399 Å². The van der Waals surface area contributed by atoms with Crippen molar-refractivity contribution in [2.24, 2.45) is 34.0 Å². The number of ether oxygens (including phenoxy) is 2. The van der Waals surface area contributed by atoms with Crippen LogP contribution in [-0.2, 0) is 62.4 Å². The van der Waals surface area contributed by atoms with E-state index in [-0.39, 0.29) is 40.0 Å². The molecule has 3 spiro atoms. The summed E-state index contributed by atoms with van der Waals surface area (Å²) >= 11 is 0. The summed E-state index contributed by atoms with van der Waals surface area (Å²) in [7, 11) is 1.38. The van der Waals surface area contributed by atoms with Gasteiger partial charge in [-0.1, -0.05) is 55.7 Å². The highest BCUT2D eigenvalue weighted by Crippen LogP contribution is 2.49. The monoisotopic (exact) mass is 926 g/mol. The number of hydrogen-bond donors (Lipinski definition) is 3. The number of benzene rings is 3. The Morgan fingerprint density at radius 2 is 1.07 bits per heavy atom. The van der Waals surface area contributed by atoms with Crippen LogP contribution in [0.25, 0.3) is 0 Å². The van der Waals surface area contributed by atoms with E-state index < -0.39 is 5.91 Å². The van der Waals surface area contributed by atoms with E-state index in [1.54, 1.807) is 17.6 Å². The fraction of sp³-hybridized carbons (Fsp3) is 0.564. The van der Waals surface area contributed by atoms with Gasteiger partial charge in [0, 0.05) is 38.3 Å². The lowest BCUT2D eigenvalue weighted by Gasteiger charge is -2.31. The van der Waals surface area contributed by atoms with E-state index in [0.29, 0.717) is 66.2 Å². The van der Waals surface area contributed by atoms with E-state index in [1.807, 2.05) is 41.3 Å². The lowest BCUT2D eigenvalue weighted by atomic mass is 9.82. The van der Waals surface area contributed by atoms with Gasteiger partial charge in [-0.2, -0.15) is 0 Å². The molecule has 3 heterocycles. The van der Waals surface area contributed by atoms with Crippen molar-refractivity contribution in [3.63, 3.8) is 0 Å². The van der Waals surface area contributed by atoms with Gasteiger partial charge in [0.15, 0.2) is 0 Å². The van der Waals surface area contributed by atoms with Gasteiger partial charge in [-0.3, -0.25) is 24.4 Å². The Morgan fingerprint density at radius 1 is 0.618 bits per heavy atom. The van der Waals surface area contributed by atoms with Gasteiger partial charge in [0.25, 0.3) is 5.91 Å². The third kappa shape index (κ3) is 8.51. The van der Waals surface area contributed by atoms with Crippen LogP contribution < -0.4 is 10.8 Å². The quantitative estimate of drug-likeness (QED) is 0.119. The third-order valence-corrected chi connectivity index (χ3v) is 17.6. The highest BCUT2D eigenvalue weighted by Gasteiger charge is 2.53. The number of likely N-dealkylation sites (tertiary alicyclic amines) is 2. The first-order chi connectivity index (χ1) is 32.9. The summed E-state index contributed by atoms with van der Waals surface area (Å²) in [5, 5.41) is 11.8. The number of amides is 4. The van der Waals surface area contributed by atoms with Crippen molar-refractivity contribution in [1.82, 2.24) is 20.6 Å². The molecule has 3 N–H and O–H groups in total. The maximum absolute atomic E-state index is 13.2. The first-order valence-electron chi connectivity index (χ1n) is 25.3. The van der Waals surface area contributed by atoms with Crippen molar-refractivity contribution in [2.75, 3.05) is 46.4 Å². The van der Waals surface area contributed by atoms with Gasteiger partial charge in [0.05, 0.1) is 41.1 Å². The van der Waals surface area contributed by atoms with Gasteiger partial charge in [-0.05, 0) is 166 Å². The van der Waals surface area contributed by atoms with Gasteiger partial charge >= 0.3 is 11.9 Å². The lowest BCUT2D eigenvalue weighted by Crippen LogP contribution is -2.39. The number of fused-ring (bicyclic) bond motifs is 3. The molecular formula is C55H66N4O9. The van der Waals surface area contributed by atoms with Gasteiger partial charge in [-0.15, -0.1) is 0 Å². The second-order valence-electron chi connectivity index (χ2n) is 21.7. The number of hydrogen-bond acceptors (Lipinski definition) is 9. The molecule has 0 bridgehead atoms. The third-order valence-electron chi connectivity index (χ3n) is 17.6. The molecule has 360 valence electrons. The molecule has 13 heteroatoms. The van der Waals surface area contributed by atoms with Gasteiger partial charge < -0.3 is 24.6 Å². The predicted molar refractivity (Wildman–Crippen MR) is 252 cm³/mol. The Balaban J connectivity index is 0.000000121. The number of carbonyl (C=O) groups excluding carboxylic acids is 6. The molecule has 3 atom stereocenters. The van der Waals surface area contributed by atoms with Gasteiger partial charge in [0.2, 0.25) is 17.7 Å². The molecule has 0 aromatic heterocycles. The minimum absolute atomic E-state index is 0.120. The molecule has 6 aliphatic carbocycles. The van der Waals surface area contributed by atoms with Crippen LogP contribution in [0, 0.1) is 34.0 Å². The fourth-order valence-electron chi connectivity index (χ4n) is 12.8. The van der Waals surface area contributed by atoms with Gasteiger partial charge in [0.1, 0.15) is 0 Å². The Hall–Kier alpha value is -5.56. The normalized spacial score (nSPS) is 26.5. The van der Waals surface area contributed by atoms with Crippen molar-refractivity contribution in [2.45, 2.75) is 116 Å². The zero-order valence-corrected chi connectivity index (χ0v) is 39.5. The average molecular weight is 927 g/mol. The molecule has 3 aromatic rings. The predicted octanol–water partition coefficient (Wildman–Crippen LogP) is 6.76. The first kappa shape index (κ1) is 46.2. The molecule has 6 fully saturated rings. The standard InChI is InChI=1S/C23H29NO3.C18H22N2O3.C14H15NO3/c25-21(27-15-17-6-2-7-17)19-9-3-8-18-12-23(13-20(18)19)10-11-24(22(23)26)14-16-4-1-5-16;21-16(19-23)14-6-2-5-13-9-18(10-15(13)14)7-8-20(17(18)22)11-12-3-1-4-12;1-18-12(16)10-4-2-3-9-7-14(8-11(9)10)5-6-15-13(14)17/h3,8-9,16-17H,1-2,4-7,10-15H2;2,5-6,12,23H,1,3-4,7-11H2,(H,19,21);2-4H,5-8H2,1H3,(H,15,17). The molecule has 0 radical (unpaired) electrons. The number of nitrogens with one attached hydrogen (secondary N) is 2. The zero-order valence-electron chi connectivity index (χ0n) is 39.5. The van der Waals surface area contributed by atoms with E-state index >= 15 is 0 Å². The number of esters is 2. The molecule has 13 nitrogen and oxygen atoms in total. The Kier molecular flexibility index (Phi) is 12.7. The fourth-order valence-corrected chi connectivity index (χ4v) is 12.8. The second kappa shape index (κ2) is 18.7. The van der Waals surface area contributed by atoms with E-state index in [0.717, 1.165) is 99.1 Å². The molecule has 3 saturated heterocycles. The Bertz CT molecular complexity index is 2510. The van der Waals surface area contributed by atoms with E-state index in [4.69, 9.17) is 14.7 Å². The minimum Gasteiger partial charge on any atom is -0.465 e. The van der Waals surface area contributed by atoms with Crippen molar-refractivity contribution in [3.05, 3.63) is 105 Å². The molecular weight excluding hydrogens is 861 g/mol. The Morgan fingerprint density at radius 3 is 1.51 bits per heavy atom. The number of nitrogens with zero attached hydrogens (tertiary/aromatic N) is 2. The van der Waals surface area contributed by atoms with Crippen LogP contribution in [0.3, 0.4) is 0 Å². The molecule has 12 rings (SSSR count). The molecule has 4 amide bonds. The van der Waals surface area contributed by atoms with E-state index in [9.17, 15) is 28.8 Å². The highest BCUT2D eigenvalue weighted by molar-refractivity contribution is 5.97. The number of methoxy groups -OCH3 is 1.